The maximum atomic E-state index is 13.1. The van der Waals surface area contributed by atoms with E-state index in [9.17, 15) is 9.59 Å². The van der Waals surface area contributed by atoms with Gasteiger partial charge in [-0.1, -0.05) is 31.2 Å². The van der Waals surface area contributed by atoms with Crippen LogP contribution in [-0.4, -0.2) is 30.6 Å². The van der Waals surface area contributed by atoms with Crippen molar-refractivity contribution >= 4 is 33.5 Å². The van der Waals surface area contributed by atoms with Crippen molar-refractivity contribution in [3.8, 4) is 11.5 Å². The van der Waals surface area contributed by atoms with Gasteiger partial charge in [0.15, 0.2) is 16.9 Å². The highest BCUT2D eigenvalue weighted by Gasteiger charge is 2.27. The summed E-state index contributed by atoms with van der Waals surface area (Å²) in [6, 6.07) is 13.0. The summed E-state index contributed by atoms with van der Waals surface area (Å²) in [5.74, 6) is -0.527. The molecule has 2 aromatic carbocycles. The number of benzene rings is 3. The van der Waals surface area contributed by atoms with Gasteiger partial charge in [-0.15, -0.1) is 0 Å². The van der Waals surface area contributed by atoms with Gasteiger partial charge in [0.25, 0.3) is 0 Å². The van der Waals surface area contributed by atoms with Crippen LogP contribution in [0.15, 0.2) is 51.7 Å². The third kappa shape index (κ3) is 3.28. The molecule has 0 saturated heterocycles. The fourth-order valence-electron chi connectivity index (χ4n) is 3.81. The van der Waals surface area contributed by atoms with Crippen molar-refractivity contribution < 1.29 is 13.9 Å². The van der Waals surface area contributed by atoms with Crippen molar-refractivity contribution in [1.29, 1.82) is 0 Å². The first kappa shape index (κ1) is 19.9. The van der Waals surface area contributed by atoms with E-state index in [-0.39, 0.29) is 17.9 Å². The molecule has 0 unspecified atom stereocenters. The number of fused-ring (bicyclic) bond motifs is 4. The minimum atomic E-state index is -0.694. The maximum absolute atomic E-state index is 13.1. The molecule has 0 spiro atoms. The summed E-state index contributed by atoms with van der Waals surface area (Å²) in [4.78, 5) is 32.8. The van der Waals surface area contributed by atoms with Gasteiger partial charge in [0.2, 0.25) is 5.43 Å². The minimum Gasteiger partial charge on any atom is -0.462 e. The summed E-state index contributed by atoms with van der Waals surface area (Å²) in [5.41, 5.74) is 2.17. The highest BCUT2D eigenvalue weighted by Crippen LogP contribution is 2.34. The summed E-state index contributed by atoms with van der Waals surface area (Å²) in [5, 5.41) is 1.08. The summed E-state index contributed by atoms with van der Waals surface area (Å²) in [6.07, 6.45) is 1.03. The largest absolute Gasteiger partial charge is 0.462 e. The van der Waals surface area contributed by atoms with Gasteiger partial charge in [-0.05, 0) is 32.4 Å². The zero-order valence-electron chi connectivity index (χ0n) is 17.4. The van der Waals surface area contributed by atoms with Crippen molar-refractivity contribution in [1.82, 2.24) is 4.98 Å². The van der Waals surface area contributed by atoms with Gasteiger partial charge >= 0.3 is 5.97 Å². The highest BCUT2D eigenvalue weighted by molar-refractivity contribution is 6.06. The normalized spacial score (nSPS) is 11.3. The smallest absolute Gasteiger partial charge is 0.346 e. The number of carbonyl (C=O) groups is 1. The lowest BCUT2D eigenvalue weighted by atomic mass is 9.99. The Hall–Kier alpha value is -3.41. The number of carbonyl (C=O) groups excluding carboxylic acids is 1. The topological polar surface area (TPSA) is 72.6 Å². The fourth-order valence-corrected chi connectivity index (χ4v) is 3.81. The van der Waals surface area contributed by atoms with Crippen LogP contribution in [0.4, 0.5) is 5.69 Å². The van der Waals surface area contributed by atoms with Crippen molar-refractivity contribution in [2.24, 2.45) is 0 Å². The van der Waals surface area contributed by atoms with Crippen molar-refractivity contribution in [3.05, 3.63) is 58.3 Å². The minimum absolute atomic E-state index is 0.105. The molecule has 0 N–H and O–H groups in total. The maximum Gasteiger partial charge on any atom is 0.346 e. The Morgan fingerprint density at radius 1 is 1.10 bits per heavy atom. The van der Waals surface area contributed by atoms with Crippen LogP contribution in [0.1, 0.15) is 37.6 Å². The molecule has 154 valence electrons. The lowest BCUT2D eigenvalue weighted by Gasteiger charge is -2.22. The second-order valence-corrected chi connectivity index (χ2v) is 7.09. The molecule has 30 heavy (non-hydrogen) atoms. The summed E-state index contributed by atoms with van der Waals surface area (Å²) < 4.78 is 11.3. The fraction of sp³-hybridized carbons (Fsp3) is 0.292. The van der Waals surface area contributed by atoms with E-state index in [1.165, 1.54) is 0 Å². The van der Waals surface area contributed by atoms with Crippen LogP contribution in [0.2, 0.25) is 0 Å². The molecule has 0 fully saturated rings. The van der Waals surface area contributed by atoms with E-state index in [0.717, 1.165) is 25.2 Å². The van der Waals surface area contributed by atoms with Gasteiger partial charge in [0.05, 0.1) is 6.61 Å². The lowest BCUT2D eigenvalue weighted by Crippen LogP contribution is -2.23. The molecular weight excluding hydrogens is 380 g/mol. The number of nitrogens with zero attached hydrogens (tertiary/aromatic N) is 2. The Kier molecular flexibility index (Phi) is 5.40. The monoisotopic (exact) mass is 404 g/mol. The summed E-state index contributed by atoms with van der Waals surface area (Å²) in [7, 11) is 0. The van der Waals surface area contributed by atoms with Gasteiger partial charge in [-0.2, -0.15) is 0 Å². The zero-order chi connectivity index (χ0) is 21.3. The zero-order valence-corrected chi connectivity index (χ0v) is 17.4. The second kappa shape index (κ2) is 8.14. The number of rotatable bonds is 6. The number of esters is 1. The van der Waals surface area contributed by atoms with E-state index in [1.54, 1.807) is 19.1 Å². The molecule has 0 atom stereocenters. The Bertz CT molecular complexity index is 1260. The molecule has 4 rings (SSSR count). The summed E-state index contributed by atoms with van der Waals surface area (Å²) in [6.45, 7) is 7.90. The van der Waals surface area contributed by atoms with Crippen molar-refractivity contribution in [2.45, 2.75) is 27.2 Å². The third-order valence-electron chi connectivity index (χ3n) is 5.20. The van der Waals surface area contributed by atoms with Crippen LogP contribution in [0.3, 0.4) is 0 Å². The Morgan fingerprint density at radius 2 is 1.87 bits per heavy atom. The molecule has 0 amide bonds. The Balaban J connectivity index is 2.05. The molecular formula is C24H24N2O4. The van der Waals surface area contributed by atoms with Crippen LogP contribution >= 0.6 is 0 Å². The van der Waals surface area contributed by atoms with E-state index in [0.29, 0.717) is 27.6 Å². The standard InChI is InChI=1S/C24H24N2O4/c1-4-13-26(5-2)15-11-12-18-19(14-15)30-23-20(24(28)29-6-3)22(27)17-10-8-7-9-16(17)21(23)25-18/h7-12,14H,4-6,13H2,1-3H3. The molecule has 2 aromatic rings. The van der Waals surface area contributed by atoms with Gasteiger partial charge in [0.1, 0.15) is 11.2 Å². The molecule has 1 heterocycles. The SMILES string of the molecule is CCCN(CC)c1ccc2nc3c4ccccc4c(=O)c(C(=O)OCC)c-3oc2c1. The number of ether oxygens (including phenoxy) is 1. The predicted octanol–water partition coefficient (Wildman–Crippen LogP) is 4.86. The number of anilines is 1. The lowest BCUT2D eigenvalue weighted by molar-refractivity contribution is 0.0524. The highest BCUT2D eigenvalue weighted by atomic mass is 16.5. The average Bonchev–Trinajstić information content (AvgIpc) is 2.76. The molecule has 0 saturated carbocycles. The molecule has 0 aromatic heterocycles. The van der Waals surface area contributed by atoms with Crippen LogP contribution < -0.4 is 10.3 Å². The van der Waals surface area contributed by atoms with Crippen LogP contribution in [0.25, 0.3) is 33.3 Å². The molecule has 1 aliphatic heterocycles. The van der Waals surface area contributed by atoms with Crippen LogP contribution in [0, 0.1) is 0 Å². The second-order valence-electron chi connectivity index (χ2n) is 7.09. The van der Waals surface area contributed by atoms with E-state index < -0.39 is 11.4 Å². The third-order valence-corrected chi connectivity index (χ3v) is 5.20. The van der Waals surface area contributed by atoms with Gasteiger partial charge in [-0.3, -0.25) is 4.79 Å². The molecule has 6 nitrogen and oxygen atoms in total. The molecule has 1 aliphatic carbocycles. The van der Waals surface area contributed by atoms with Crippen molar-refractivity contribution in [3.63, 3.8) is 0 Å². The predicted molar refractivity (Wildman–Crippen MR) is 119 cm³/mol. The number of hydrogen-bond donors (Lipinski definition) is 0. The van der Waals surface area contributed by atoms with E-state index in [2.05, 4.69) is 18.7 Å². The number of hydrogen-bond acceptors (Lipinski definition) is 6. The Morgan fingerprint density at radius 3 is 2.57 bits per heavy atom. The van der Waals surface area contributed by atoms with Crippen molar-refractivity contribution in [2.75, 3.05) is 24.6 Å². The quantitative estimate of drug-likeness (QED) is 0.260. The van der Waals surface area contributed by atoms with E-state index in [1.807, 2.05) is 30.3 Å². The molecule has 2 aliphatic rings. The first-order chi connectivity index (χ1) is 14.6. The van der Waals surface area contributed by atoms with Gasteiger partial charge < -0.3 is 14.1 Å². The van der Waals surface area contributed by atoms with E-state index in [4.69, 9.17) is 14.1 Å². The first-order valence-electron chi connectivity index (χ1n) is 10.3. The molecule has 0 bridgehead atoms. The number of aromatic nitrogens is 1. The van der Waals surface area contributed by atoms with Gasteiger partial charge in [0, 0.05) is 35.6 Å². The summed E-state index contributed by atoms with van der Waals surface area (Å²) >= 11 is 0. The van der Waals surface area contributed by atoms with Crippen LogP contribution in [0.5, 0.6) is 0 Å². The Labute approximate surface area is 174 Å². The molecule has 0 radical (unpaired) electrons. The van der Waals surface area contributed by atoms with E-state index >= 15 is 0 Å². The van der Waals surface area contributed by atoms with Crippen LogP contribution in [-0.2, 0) is 4.74 Å². The van der Waals surface area contributed by atoms with Gasteiger partial charge in [-0.25, -0.2) is 9.78 Å². The first-order valence-corrected chi connectivity index (χ1v) is 10.3. The average molecular weight is 404 g/mol. The molecule has 6 heteroatoms.